The number of pyridine rings is 2. The first kappa shape index (κ1) is 16.6. The fourth-order valence-corrected chi connectivity index (χ4v) is 2.45. The standard InChI is InChI=1S/C18H18N4O3/c1-4-25-18(23)12-7-8-19-15(9-12)17-14(11-22(2)21-17)13-5-6-16(24-3)20-10-13/h5-11H,4H2,1-3H3. The Hall–Kier alpha value is -3.22. The van der Waals surface area contributed by atoms with Gasteiger partial charge in [-0.2, -0.15) is 5.10 Å². The molecule has 0 bridgehead atoms. The normalized spacial score (nSPS) is 10.5. The predicted molar refractivity (Wildman–Crippen MR) is 92.2 cm³/mol. The number of aryl methyl sites for hydroxylation is 1. The average Bonchev–Trinajstić information content (AvgIpc) is 3.04. The first-order valence-electron chi connectivity index (χ1n) is 7.80. The summed E-state index contributed by atoms with van der Waals surface area (Å²) in [6, 6.07) is 7.00. The molecular formula is C18H18N4O3. The zero-order chi connectivity index (χ0) is 17.8. The van der Waals surface area contributed by atoms with Gasteiger partial charge in [-0.15, -0.1) is 0 Å². The van der Waals surface area contributed by atoms with E-state index >= 15 is 0 Å². The molecule has 3 aromatic rings. The van der Waals surface area contributed by atoms with E-state index in [1.54, 1.807) is 49.3 Å². The predicted octanol–water partition coefficient (Wildman–Crippen LogP) is 2.73. The lowest BCUT2D eigenvalue weighted by molar-refractivity contribution is 0.0526. The summed E-state index contributed by atoms with van der Waals surface area (Å²) in [6.07, 6.45) is 5.18. The third-order valence-corrected chi connectivity index (χ3v) is 3.60. The molecule has 0 aliphatic carbocycles. The molecule has 7 nitrogen and oxygen atoms in total. The molecule has 0 amide bonds. The van der Waals surface area contributed by atoms with Gasteiger partial charge >= 0.3 is 5.97 Å². The van der Waals surface area contributed by atoms with E-state index in [9.17, 15) is 4.79 Å². The molecule has 0 saturated carbocycles. The van der Waals surface area contributed by atoms with Crippen molar-refractivity contribution in [1.82, 2.24) is 19.7 Å². The third-order valence-electron chi connectivity index (χ3n) is 3.60. The van der Waals surface area contributed by atoms with Gasteiger partial charge in [-0.25, -0.2) is 9.78 Å². The van der Waals surface area contributed by atoms with Crippen LogP contribution in [0.25, 0.3) is 22.5 Å². The molecule has 3 rings (SSSR count). The summed E-state index contributed by atoms with van der Waals surface area (Å²) in [7, 11) is 3.40. The molecule has 128 valence electrons. The van der Waals surface area contributed by atoms with Crippen molar-refractivity contribution in [2.45, 2.75) is 6.92 Å². The van der Waals surface area contributed by atoms with Crippen LogP contribution in [0.1, 0.15) is 17.3 Å². The fourth-order valence-electron chi connectivity index (χ4n) is 2.45. The smallest absolute Gasteiger partial charge is 0.338 e. The molecule has 0 fully saturated rings. The second-order valence-corrected chi connectivity index (χ2v) is 5.30. The molecule has 25 heavy (non-hydrogen) atoms. The number of hydrogen-bond donors (Lipinski definition) is 0. The number of methoxy groups -OCH3 is 1. The molecule has 0 spiro atoms. The molecule has 0 radical (unpaired) electrons. The molecule has 3 heterocycles. The van der Waals surface area contributed by atoms with Crippen molar-refractivity contribution >= 4 is 5.97 Å². The molecule has 0 aromatic carbocycles. The van der Waals surface area contributed by atoms with Crippen molar-refractivity contribution in [2.75, 3.05) is 13.7 Å². The van der Waals surface area contributed by atoms with E-state index in [-0.39, 0.29) is 5.97 Å². The van der Waals surface area contributed by atoms with Crippen LogP contribution in [0, 0.1) is 0 Å². The van der Waals surface area contributed by atoms with E-state index in [1.807, 2.05) is 19.3 Å². The zero-order valence-corrected chi connectivity index (χ0v) is 14.3. The molecule has 7 heteroatoms. The van der Waals surface area contributed by atoms with Crippen LogP contribution in [0.5, 0.6) is 5.88 Å². The molecule has 0 atom stereocenters. The average molecular weight is 338 g/mol. The second-order valence-electron chi connectivity index (χ2n) is 5.30. The molecule has 0 unspecified atom stereocenters. The molecule has 0 N–H and O–H groups in total. The zero-order valence-electron chi connectivity index (χ0n) is 14.3. The van der Waals surface area contributed by atoms with Crippen molar-refractivity contribution < 1.29 is 14.3 Å². The maximum atomic E-state index is 12.0. The Bertz CT molecular complexity index is 888. The fraction of sp³-hybridized carbons (Fsp3) is 0.222. The lowest BCUT2D eigenvalue weighted by atomic mass is 10.1. The Morgan fingerprint density at radius 1 is 1.24 bits per heavy atom. The van der Waals surface area contributed by atoms with Gasteiger partial charge in [-0.05, 0) is 25.1 Å². The number of rotatable bonds is 5. The van der Waals surface area contributed by atoms with Crippen molar-refractivity contribution in [3.8, 4) is 28.4 Å². The third kappa shape index (κ3) is 3.50. The van der Waals surface area contributed by atoms with E-state index in [4.69, 9.17) is 9.47 Å². The summed E-state index contributed by atoms with van der Waals surface area (Å²) in [6.45, 7) is 2.09. The van der Waals surface area contributed by atoms with E-state index in [0.717, 1.165) is 11.1 Å². The van der Waals surface area contributed by atoms with Crippen LogP contribution in [-0.2, 0) is 11.8 Å². The number of ether oxygens (including phenoxy) is 2. The molecular weight excluding hydrogens is 320 g/mol. The Balaban J connectivity index is 2.03. The van der Waals surface area contributed by atoms with Gasteiger partial charge in [0.05, 0.1) is 25.0 Å². The van der Waals surface area contributed by atoms with Gasteiger partial charge in [0.1, 0.15) is 5.69 Å². The number of carbonyl (C=O) groups is 1. The first-order valence-corrected chi connectivity index (χ1v) is 7.80. The maximum absolute atomic E-state index is 12.0. The van der Waals surface area contributed by atoms with Gasteiger partial charge in [-0.3, -0.25) is 9.67 Å². The topological polar surface area (TPSA) is 79.1 Å². The van der Waals surface area contributed by atoms with Crippen molar-refractivity contribution in [1.29, 1.82) is 0 Å². The summed E-state index contributed by atoms with van der Waals surface area (Å²) in [5.74, 6) is 0.159. The van der Waals surface area contributed by atoms with Gasteiger partial charge in [0.2, 0.25) is 5.88 Å². The van der Waals surface area contributed by atoms with Gasteiger partial charge in [0.15, 0.2) is 0 Å². The van der Waals surface area contributed by atoms with E-state index < -0.39 is 0 Å². The van der Waals surface area contributed by atoms with Crippen LogP contribution in [0.2, 0.25) is 0 Å². The van der Waals surface area contributed by atoms with Crippen molar-refractivity contribution in [3.05, 3.63) is 48.4 Å². The highest BCUT2D eigenvalue weighted by molar-refractivity contribution is 5.91. The number of aromatic nitrogens is 4. The van der Waals surface area contributed by atoms with Crippen LogP contribution in [0.4, 0.5) is 0 Å². The lowest BCUT2D eigenvalue weighted by Crippen LogP contribution is -2.05. The number of carbonyl (C=O) groups excluding carboxylic acids is 1. The lowest BCUT2D eigenvalue weighted by Gasteiger charge is -2.05. The molecule has 0 aliphatic heterocycles. The largest absolute Gasteiger partial charge is 0.481 e. The van der Waals surface area contributed by atoms with Gasteiger partial charge in [0.25, 0.3) is 0 Å². The minimum absolute atomic E-state index is 0.322. The van der Waals surface area contributed by atoms with E-state index in [2.05, 4.69) is 15.1 Å². The van der Waals surface area contributed by atoms with E-state index in [1.165, 1.54) is 0 Å². The molecule has 0 aliphatic rings. The van der Waals surface area contributed by atoms with Gasteiger partial charge in [-0.1, -0.05) is 0 Å². The van der Waals surface area contributed by atoms with Crippen LogP contribution < -0.4 is 4.74 Å². The van der Waals surface area contributed by atoms with Crippen LogP contribution in [0.15, 0.2) is 42.9 Å². The summed E-state index contributed by atoms with van der Waals surface area (Å²) >= 11 is 0. The van der Waals surface area contributed by atoms with Gasteiger partial charge < -0.3 is 9.47 Å². The number of hydrogen-bond acceptors (Lipinski definition) is 6. The Morgan fingerprint density at radius 3 is 2.76 bits per heavy atom. The van der Waals surface area contributed by atoms with Crippen LogP contribution in [-0.4, -0.2) is 39.4 Å². The van der Waals surface area contributed by atoms with Gasteiger partial charge in [0, 0.05) is 42.8 Å². The Kier molecular flexibility index (Phi) is 4.74. The highest BCUT2D eigenvalue weighted by Crippen LogP contribution is 2.30. The monoisotopic (exact) mass is 338 g/mol. The van der Waals surface area contributed by atoms with Crippen molar-refractivity contribution in [2.24, 2.45) is 7.05 Å². The highest BCUT2D eigenvalue weighted by Gasteiger charge is 2.16. The van der Waals surface area contributed by atoms with Crippen LogP contribution in [0.3, 0.4) is 0 Å². The SMILES string of the molecule is CCOC(=O)c1ccnc(-c2nn(C)cc2-c2ccc(OC)nc2)c1. The second kappa shape index (κ2) is 7.12. The highest BCUT2D eigenvalue weighted by atomic mass is 16.5. The summed E-state index contributed by atoms with van der Waals surface area (Å²) < 4.78 is 11.8. The summed E-state index contributed by atoms with van der Waals surface area (Å²) in [5.41, 5.74) is 3.45. The maximum Gasteiger partial charge on any atom is 0.338 e. The number of esters is 1. The van der Waals surface area contributed by atoms with Crippen molar-refractivity contribution in [3.63, 3.8) is 0 Å². The first-order chi connectivity index (χ1) is 12.1. The summed E-state index contributed by atoms with van der Waals surface area (Å²) in [5, 5.41) is 4.49. The quantitative estimate of drug-likeness (QED) is 0.666. The minimum Gasteiger partial charge on any atom is -0.481 e. The number of nitrogens with zero attached hydrogens (tertiary/aromatic N) is 4. The molecule has 3 aromatic heterocycles. The minimum atomic E-state index is -0.380. The van der Waals surface area contributed by atoms with Crippen LogP contribution >= 0.6 is 0 Å². The van der Waals surface area contributed by atoms with E-state index in [0.29, 0.717) is 29.4 Å². The summed E-state index contributed by atoms with van der Waals surface area (Å²) in [4.78, 5) is 20.5. The Morgan fingerprint density at radius 2 is 2.08 bits per heavy atom. The molecule has 0 saturated heterocycles. The Labute approximate surface area is 145 Å².